The van der Waals surface area contributed by atoms with E-state index in [1.165, 1.54) is 18.4 Å². The van der Waals surface area contributed by atoms with Gasteiger partial charge in [-0.1, -0.05) is 96.2 Å². The molecule has 2 aromatic rings. The van der Waals surface area contributed by atoms with Gasteiger partial charge in [-0.25, -0.2) is 0 Å². The van der Waals surface area contributed by atoms with Crippen molar-refractivity contribution in [3.8, 4) is 0 Å². The summed E-state index contributed by atoms with van der Waals surface area (Å²) in [6, 6.07) is 7.13. The van der Waals surface area contributed by atoms with E-state index >= 15 is 0 Å². The van der Waals surface area contributed by atoms with Crippen molar-refractivity contribution in [1.82, 2.24) is 16.0 Å². The van der Waals surface area contributed by atoms with Gasteiger partial charge in [-0.15, -0.1) is 11.3 Å². The predicted molar refractivity (Wildman–Crippen MR) is 185 cm³/mol. The van der Waals surface area contributed by atoms with E-state index < -0.39 is 18.1 Å². The zero-order chi connectivity index (χ0) is 32.8. The monoisotopic (exact) mass is 610 g/mol. The van der Waals surface area contributed by atoms with Gasteiger partial charge in [-0.05, 0) is 66.7 Å². The third kappa shape index (κ3) is 16.1. The van der Waals surface area contributed by atoms with Crippen LogP contribution in [0.4, 0.5) is 0 Å². The molecule has 2 unspecified atom stereocenters. The third-order valence-corrected chi connectivity index (χ3v) is 7.42. The van der Waals surface area contributed by atoms with E-state index in [1.807, 2.05) is 50.4 Å². The Bertz CT molecular complexity index is 1230. The fourth-order valence-corrected chi connectivity index (χ4v) is 4.84. The molecule has 0 radical (unpaired) electrons. The van der Waals surface area contributed by atoms with Gasteiger partial charge in [0, 0.05) is 17.5 Å². The van der Waals surface area contributed by atoms with Gasteiger partial charge in [-0.2, -0.15) is 0 Å². The molecule has 2 rings (SSSR count). The molecule has 7 nitrogen and oxygen atoms in total. The minimum atomic E-state index is -0.773. The predicted octanol–water partition coefficient (Wildman–Crippen LogP) is 6.96. The van der Waals surface area contributed by atoms with Crippen LogP contribution in [0.3, 0.4) is 0 Å². The molecular weight excluding hydrogens is 556 g/mol. The van der Waals surface area contributed by atoms with Crippen LogP contribution in [0.1, 0.15) is 80.2 Å². The first-order valence-corrected chi connectivity index (χ1v) is 16.1. The SMILES string of the molecule is C=C(/C=C\C=C/C(C)CCC)/C(C)=C\C.CC.CCC(=O)N[C@@H](C)NC(=O)C(Cc1csc2ccccc12)NC(=O)CN. The normalized spacial score (nSPS) is 13.3. The molecule has 1 heterocycles. The number of amides is 3. The van der Waals surface area contributed by atoms with Gasteiger partial charge >= 0.3 is 0 Å². The summed E-state index contributed by atoms with van der Waals surface area (Å²) in [5, 5.41) is 11.1. The summed E-state index contributed by atoms with van der Waals surface area (Å²) in [6.07, 6.45) is 13.2. The van der Waals surface area contributed by atoms with Crippen molar-refractivity contribution in [2.45, 2.75) is 93.3 Å². The Kier molecular flexibility index (Phi) is 21.2. The van der Waals surface area contributed by atoms with Gasteiger partial charge in [-0.3, -0.25) is 14.4 Å². The highest BCUT2D eigenvalue weighted by Crippen LogP contribution is 2.26. The molecule has 0 saturated heterocycles. The van der Waals surface area contributed by atoms with Crippen LogP contribution < -0.4 is 21.7 Å². The number of nitrogens with one attached hydrogen (secondary N) is 3. The van der Waals surface area contributed by atoms with Crippen LogP contribution in [0.5, 0.6) is 0 Å². The second kappa shape index (κ2) is 23.0. The molecule has 238 valence electrons. The molecule has 3 amide bonds. The second-order valence-electron chi connectivity index (χ2n) is 9.94. The van der Waals surface area contributed by atoms with Crippen molar-refractivity contribution in [3.63, 3.8) is 0 Å². The Labute approximate surface area is 263 Å². The first-order valence-electron chi connectivity index (χ1n) is 15.3. The van der Waals surface area contributed by atoms with E-state index in [0.717, 1.165) is 21.2 Å². The molecule has 43 heavy (non-hydrogen) atoms. The van der Waals surface area contributed by atoms with Crippen LogP contribution in [-0.4, -0.2) is 36.5 Å². The van der Waals surface area contributed by atoms with Gasteiger partial charge in [0.25, 0.3) is 0 Å². The number of rotatable bonds is 14. The highest BCUT2D eigenvalue weighted by Gasteiger charge is 2.23. The van der Waals surface area contributed by atoms with Crippen LogP contribution in [0.25, 0.3) is 10.1 Å². The number of benzene rings is 1. The minimum absolute atomic E-state index is 0.163. The molecule has 0 bridgehead atoms. The minimum Gasteiger partial charge on any atom is -0.343 e. The number of nitrogens with two attached hydrogens (primary N) is 1. The number of allylic oxidation sites excluding steroid dienone is 7. The topological polar surface area (TPSA) is 113 Å². The summed E-state index contributed by atoms with van der Waals surface area (Å²) in [5.74, 6) is -0.263. The Balaban J connectivity index is 0.000000887. The van der Waals surface area contributed by atoms with Crippen LogP contribution >= 0.6 is 11.3 Å². The van der Waals surface area contributed by atoms with Crippen molar-refractivity contribution in [3.05, 3.63) is 83.3 Å². The molecule has 0 spiro atoms. The largest absolute Gasteiger partial charge is 0.343 e. The molecule has 0 aliphatic heterocycles. The quantitative estimate of drug-likeness (QED) is 0.137. The van der Waals surface area contributed by atoms with Gasteiger partial charge in [0.05, 0.1) is 12.7 Å². The second-order valence-corrected chi connectivity index (χ2v) is 10.9. The number of fused-ring (bicyclic) bond motifs is 1. The zero-order valence-corrected chi connectivity index (χ0v) is 28.3. The molecule has 0 aliphatic carbocycles. The smallest absolute Gasteiger partial charge is 0.244 e. The summed E-state index contributed by atoms with van der Waals surface area (Å²) >= 11 is 1.59. The fraction of sp³-hybridized carbons (Fsp3) is 0.457. The van der Waals surface area contributed by atoms with Gasteiger partial charge in [0.15, 0.2) is 0 Å². The lowest BCUT2D eigenvalue weighted by molar-refractivity contribution is -0.129. The van der Waals surface area contributed by atoms with E-state index in [9.17, 15) is 14.4 Å². The van der Waals surface area contributed by atoms with Crippen molar-refractivity contribution in [2.24, 2.45) is 11.7 Å². The van der Waals surface area contributed by atoms with E-state index in [0.29, 0.717) is 18.8 Å². The van der Waals surface area contributed by atoms with Crippen LogP contribution in [-0.2, 0) is 20.8 Å². The Morgan fingerprint density at radius 1 is 1.02 bits per heavy atom. The number of carbonyl (C=O) groups excluding carboxylic acids is 3. The summed E-state index contributed by atoms with van der Waals surface area (Å²) in [5.41, 5.74) is 8.68. The Hall–Kier alpha value is -3.49. The maximum Gasteiger partial charge on any atom is 0.244 e. The fourth-order valence-electron chi connectivity index (χ4n) is 3.86. The Morgan fingerprint density at radius 2 is 1.70 bits per heavy atom. The average molecular weight is 611 g/mol. The van der Waals surface area contributed by atoms with Crippen molar-refractivity contribution in [1.29, 1.82) is 0 Å². The summed E-state index contributed by atoms with van der Waals surface area (Å²) in [4.78, 5) is 35.8. The zero-order valence-electron chi connectivity index (χ0n) is 27.5. The van der Waals surface area contributed by atoms with Gasteiger partial charge in [0.1, 0.15) is 6.04 Å². The maximum atomic E-state index is 12.6. The maximum absolute atomic E-state index is 12.6. The molecule has 5 N–H and O–H groups in total. The number of hydrogen-bond acceptors (Lipinski definition) is 5. The van der Waals surface area contributed by atoms with Crippen molar-refractivity contribution >= 4 is 39.1 Å². The van der Waals surface area contributed by atoms with Crippen molar-refractivity contribution in [2.75, 3.05) is 6.54 Å². The first kappa shape index (κ1) is 39.5. The molecular formula is C35H54N4O3S. The standard InChI is InChI=1S/C18H24N4O3S.C15H24.C2H6/c1-3-16(23)20-11(2)21-18(25)14(22-17(24)9-19)8-12-10-26-15-7-5-4-6-13(12)15;1-6-10-13(3)11-8-9-12-15(5)14(4)7-2;1-2/h4-7,10-11,14H,3,8-9,19H2,1-2H3,(H,20,23)(H,21,25)(H,22,24);7-9,11-13H,5-6,10H2,1-4H3;1-2H3/b;11-8-,12-9-,14-7-;/t11-,14?;;/m1../s1. The van der Waals surface area contributed by atoms with Crippen LogP contribution in [0.15, 0.2) is 77.8 Å². The third-order valence-electron chi connectivity index (χ3n) is 6.41. The summed E-state index contributed by atoms with van der Waals surface area (Å²) < 4.78 is 1.12. The lowest BCUT2D eigenvalue weighted by atomic mass is 10.0. The number of hydrogen-bond donors (Lipinski definition) is 4. The van der Waals surface area contributed by atoms with E-state index in [2.05, 4.69) is 73.7 Å². The molecule has 8 heteroatoms. The van der Waals surface area contributed by atoms with Crippen LogP contribution in [0, 0.1) is 5.92 Å². The van der Waals surface area contributed by atoms with Crippen LogP contribution in [0.2, 0.25) is 0 Å². The molecule has 0 aliphatic rings. The molecule has 3 atom stereocenters. The molecule has 0 saturated carbocycles. The number of carbonyl (C=O) groups is 3. The summed E-state index contributed by atoms with van der Waals surface area (Å²) in [7, 11) is 0. The summed E-state index contributed by atoms with van der Waals surface area (Å²) in [6.45, 7) is 19.8. The molecule has 1 aromatic carbocycles. The highest BCUT2D eigenvalue weighted by molar-refractivity contribution is 7.17. The average Bonchev–Trinajstić information content (AvgIpc) is 3.42. The van der Waals surface area contributed by atoms with E-state index in [1.54, 1.807) is 25.2 Å². The lowest BCUT2D eigenvalue weighted by Crippen LogP contribution is -2.54. The van der Waals surface area contributed by atoms with Gasteiger partial charge < -0.3 is 21.7 Å². The molecule has 1 aromatic heterocycles. The number of thiophene rings is 1. The van der Waals surface area contributed by atoms with Crippen molar-refractivity contribution < 1.29 is 14.4 Å². The van der Waals surface area contributed by atoms with Gasteiger partial charge in [0.2, 0.25) is 17.7 Å². The Morgan fingerprint density at radius 3 is 2.30 bits per heavy atom. The highest BCUT2D eigenvalue weighted by atomic mass is 32.1. The lowest BCUT2D eigenvalue weighted by Gasteiger charge is -2.22. The van der Waals surface area contributed by atoms with E-state index in [4.69, 9.17) is 5.73 Å². The van der Waals surface area contributed by atoms with E-state index in [-0.39, 0.29) is 18.4 Å². The first-order chi connectivity index (χ1) is 20.6. The molecule has 0 fully saturated rings.